The molecule has 0 radical (unpaired) electrons. The van der Waals surface area contributed by atoms with Crippen molar-refractivity contribution in [2.24, 2.45) is 0 Å². The second-order valence-corrected chi connectivity index (χ2v) is 3.89. The average molecular weight is 237 g/mol. The van der Waals surface area contributed by atoms with Gasteiger partial charge in [0.05, 0.1) is 20.8 Å². The summed E-state index contributed by atoms with van der Waals surface area (Å²) in [5.41, 5.74) is 1.99. The molecule has 1 aromatic carbocycles. The number of hydrogen-bond donors (Lipinski definition) is 1. The summed E-state index contributed by atoms with van der Waals surface area (Å²) in [4.78, 5) is 10.8. The van der Waals surface area contributed by atoms with E-state index in [1.54, 1.807) is 21.1 Å². The van der Waals surface area contributed by atoms with Gasteiger partial charge in [0.1, 0.15) is 17.3 Å². The topological polar surface area (TPSA) is 47.6 Å². The van der Waals surface area contributed by atoms with Gasteiger partial charge in [0.15, 0.2) is 0 Å². The zero-order valence-electron chi connectivity index (χ0n) is 10.8. The van der Waals surface area contributed by atoms with Crippen LogP contribution in [0.25, 0.3) is 0 Å². The van der Waals surface area contributed by atoms with Gasteiger partial charge in [0, 0.05) is 17.7 Å². The van der Waals surface area contributed by atoms with E-state index in [1.165, 1.54) is 0 Å². The maximum Gasteiger partial charge on any atom is 0.143 e. The second kappa shape index (κ2) is 6.25. The van der Waals surface area contributed by atoms with Gasteiger partial charge < -0.3 is 14.8 Å². The molecule has 4 heteroatoms. The largest absolute Gasteiger partial charge is 0.496 e. The van der Waals surface area contributed by atoms with Crippen LogP contribution in [0, 0.1) is 6.92 Å². The van der Waals surface area contributed by atoms with E-state index in [0.717, 1.165) is 22.6 Å². The Bertz CT molecular complexity index is 402. The molecule has 0 spiro atoms. The Kier molecular flexibility index (Phi) is 4.97. The lowest BCUT2D eigenvalue weighted by molar-refractivity contribution is -0.116. The van der Waals surface area contributed by atoms with Gasteiger partial charge in [0.2, 0.25) is 0 Å². The lowest BCUT2D eigenvalue weighted by atomic mass is 10.1. The minimum Gasteiger partial charge on any atom is -0.496 e. The molecule has 0 unspecified atom stereocenters. The number of ketones is 1. The molecule has 94 valence electrons. The van der Waals surface area contributed by atoms with Crippen LogP contribution in [-0.2, 0) is 11.3 Å². The highest BCUT2D eigenvalue weighted by Gasteiger charge is 2.10. The number of nitrogens with one attached hydrogen (secondary N) is 1. The van der Waals surface area contributed by atoms with Crippen LogP contribution in [0.4, 0.5) is 0 Å². The molecule has 0 amide bonds. The zero-order valence-corrected chi connectivity index (χ0v) is 10.8. The SMILES string of the molecule is COc1ccc(CNCC(C)=O)c(OC)c1C. The van der Waals surface area contributed by atoms with E-state index in [4.69, 9.17) is 9.47 Å². The average Bonchev–Trinajstić information content (AvgIpc) is 2.29. The fourth-order valence-electron chi connectivity index (χ4n) is 1.75. The number of methoxy groups -OCH3 is 2. The fourth-order valence-corrected chi connectivity index (χ4v) is 1.75. The Balaban J connectivity index is 2.85. The predicted octanol–water partition coefficient (Wildman–Crippen LogP) is 1.69. The van der Waals surface area contributed by atoms with Gasteiger partial charge in [-0.15, -0.1) is 0 Å². The van der Waals surface area contributed by atoms with Crippen molar-refractivity contribution in [2.45, 2.75) is 20.4 Å². The van der Waals surface area contributed by atoms with Crippen molar-refractivity contribution in [1.82, 2.24) is 5.32 Å². The third kappa shape index (κ3) is 3.46. The molecule has 0 aliphatic carbocycles. The Labute approximate surface area is 102 Å². The third-order valence-electron chi connectivity index (χ3n) is 2.55. The first kappa shape index (κ1) is 13.5. The smallest absolute Gasteiger partial charge is 0.143 e. The number of Topliss-reactive ketones (excluding diaryl/α,β-unsaturated/α-hetero) is 1. The second-order valence-electron chi connectivity index (χ2n) is 3.89. The van der Waals surface area contributed by atoms with Gasteiger partial charge in [-0.25, -0.2) is 0 Å². The molecule has 0 fully saturated rings. The van der Waals surface area contributed by atoms with Crippen molar-refractivity contribution in [3.63, 3.8) is 0 Å². The quantitative estimate of drug-likeness (QED) is 0.818. The van der Waals surface area contributed by atoms with Gasteiger partial charge in [-0.05, 0) is 19.9 Å². The van der Waals surface area contributed by atoms with Gasteiger partial charge in [0.25, 0.3) is 0 Å². The molecule has 0 saturated heterocycles. The van der Waals surface area contributed by atoms with E-state index < -0.39 is 0 Å². The van der Waals surface area contributed by atoms with Crippen LogP contribution in [0.2, 0.25) is 0 Å². The first-order valence-corrected chi connectivity index (χ1v) is 5.50. The number of ether oxygens (including phenoxy) is 2. The summed E-state index contributed by atoms with van der Waals surface area (Å²) in [7, 11) is 3.27. The fraction of sp³-hybridized carbons (Fsp3) is 0.462. The maximum absolute atomic E-state index is 10.8. The van der Waals surface area contributed by atoms with Crippen LogP contribution in [-0.4, -0.2) is 26.5 Å². The van der Waals surface area contributed by atoms with Crippen molar-refractivity contribution in [3.8, 4) is 11.5 Å². The number of rotatable bonds is 6. The number of benzene rings is 1. The Morgan fingerprint density at radius 3 is 2.53 bits per heavy atom. The van der Waals surface area contributed by atoms with Gasteiger partial charge in [-0.1, -0.05) is 6.07 Å². The molecule has 17 heavy (non-hydrogen) atoms. The molecule has 1 N–H and O–H groups in total. The standard InChI is InChI=1S/C13H19NO3/c1-9(15)7-14-8-11-5-6-12(16-3)10(2)13(11)17-4/h5-6,14H,7-8H2,1-4H3. The first-order valence-electron chi connectivity index (χ1n) is 5.50. The molecule has 0 heterocycles. The van der Waals surface area contributed by atoms with E-state index in [2.05, 4.69) is 5.32 Å². The van der Waals surface area contributed by atoms with E-state index in [-0.39, 0.29) is 5.78 Å². The van der Waals surface area contributed by atoms with Gasteiger partial charge in [-0.2, -0.15) is 0 Å². The Hall–Kier alpha value is -1.55. The van der Waals surface area contributed by atoms with Crippen LogP contribution >= 0.6 is 0 Å². The minimum atomic E-state index is 0.120. The monoisotopic (exact) mass is 237 g/mol. The summed E-state index contributed by atoms with van der Waals surface area (Å²) in [6.07, 6.45) is 0. The van der Waals surface area contributed by atoms with E-state index in [1.807, 2.05) is 19.1 Å². The molecule has 1 aromatic rings. The molecule has 4 nitrogen and oxygen atoms in total. The van der Waals surface area contributed by atoms with Crippen LogP contribution in [0.1, 0.15) is 18.1 Å². The summed E-state index contributed by atoms with van der Waals surface area (Å²) >= 11 is 0. The summed E-state index contributed by atoms with van der Waals surface area (Å²) in [6, 6.07) is 3.85. The van der Waals surface area contributed by atoms with Crippen molar-refractivity contribution >= 4 is 5.78 Å². The summed E-state index contributed by atoms with van der Waals surface area (Å²) in [6.45, 7) is 4.48. The van der Waals surface area contributed by atoms with Gasteiger partial charge in [-0.3, -0.25) is 4.79 Å². The molecule has 0 aliphatic heterocycles. The van der Waals surface area contributed by atoms with E-state index in [0.29, 0.717) is 13.1 Å². The lowest BCUT2D eigenvalue weighted by Crippen LogP contribution is -2.20. The molecule has 0 aliphatic rings. The summed E-state index contributed by atoms with van der Waals surface area (Å²) in [5.74, 6) is 1.73. The normalized spacial score (nSPS) is 10.1. The van der Waals surface area contributed by atoms with Crippen molar-refractivity contribution in [1.29, 1.82) is 0 Å². The van der Waals surface area contributed by atoms with Crippen LogP contribution < -0.4 is 14.8 Å². The molecular formula is C13H19NO3. The molecule has 0 saturated carbocycles. The molecule has 0 bridgehead atoms. The Morgan fingerprint density at radius 2 is 2.00 bits per heavy atom. The highest BCUT2D eigenvalue weighted by molar-refractivity contribution is 5.77. The number of carbonyl (C=O) groups excluding carboxylic acids is 1. The van der Waals surface area contributed by atoms with Crippen LogP contribution in [0.3, 0.4) is 0 Å². The minimum absolute atomic E-state index is 0.120. The van der Waals surface area contributed by atoms with Crippen LogP contribution in [0.5, 0.6) is 11.5 Å². The maximum atomic E-state index is 10.8. The molecule has 0 aromatic heterocycles. The van der Waals surface area contributed by atoms with Crippen molar-refractivity contribution < 1.29 is 14.3 Å². The highest BCUT2D eigenvalue weighted by atomic mass is 16.5. The molecular weight excluding hydrogens is 218 g/mol. The summed E-state index contributed by atoms with van der Waals surface area (Å²) < 4.78 is 10.6. The number of carbonyl (C=O) groups is 1. The Morgan fingerprint density at radius 1 is 1.29 bits per heavy atom. The van der Waals surface area contributed by atoms with Crippen molar-refractivity contribution in [3.05, 3.63) is 23.3 Å². The molecule has 0 atom stereocenters. The predicted molar refractivity (Wildman–Crippen MR) is 66.7 cm³/mol. The third-order valence-corrected chi connectivity index (χ3v) is 2.55. The first-order chi connectivity index (χ1) is 8.10. The zero-order chi connectivity index (χ0) is 12.8. The molecule has 1 rings (SSSR count). The summed E-state index contributed by atoms with van der Waals surface area (Å²) in [5, 5.41) is 3.07. The van der Waals surface area contributed by atoms with Crippen LogP contribution in [0.15, 0.2) is 12.1 Å². The highest BCUT2D eigenvalue weighted by Crippen LogP contribution is 2.30. The van der Waals surface area contributed by atoms with Crippen molar-refractivity contribution in [2.75, 3.05) is 20.8 Å². The van der Waals surface area contributed by atoms with Gasteiger partial charge >= 0.3 is 0 Å². The lowest BCUT2D eigenvalue weighted by Gasteiger charge is -2.14. The van der Waals surface area contributed by atoms with E-state index >= 15 is 0 Å². The number of hydrogen-bond acceptors (Lipinski definition) is 4. The van der Waals surface area contributed by atoms with E-state index in [9.17, 15) is 4.79 Å².